The van der Waals surface area contributed by atoms with Gasteiger partial charge in [-0.3, -0.25) is 0 Å². The van der Waals surface area contributed by atoms with E-state index >= 15 is 0 Å². The predicted molar refractivity (Wildman–Crippen MR) is 38.2 cm³/mol. The van der Waals surface area contributed by atoms with Crippen LogP contribution in [-0.2, 0) is 0 Å². The number of rotatable bonds is 1. The fourth-order valence-electron chi connectivity index (χ4n) is 0.506. The smallest absolute Gasteiger partial charge is 0.210 e. The Bertz CT molecular complexity index is 176. The van der Waals surface area contributed by atoms with Crippen molar-refractivity contribution in [3.8, 4) is 0 Å². The van der Waals surface area contributed by atoms with E-state index in [1.807, 2.05) is 6.07 Å². The number of hydrogen-bond acceptors (Lipinski definition) is 2. The van der Waals surface area contributed by atoms with Crippen molar-refractivity contribution in [2.75, 3.05) is 4.72 Å². The summed E-state index contributed by atoms with van der Waals surface area (Å²) >= 11 is 0. The Hall–Kier alpha value is -0.920. The molecule has 0 amide bonds. The van der Waals surface area contributed by atoms with Crippen molar-refractivity contribution in [2.45, 2.75) is 0 Å². The van der Waals surface area contributed by atoms with Gasteiger partial charge in [-0.25, -0.2) is 4.98 Å². The van der Waals surface area contributed by atoms with Gasteiger partial charge in [0, 0.05) is 6.20 Å². The van der Waals surface area contributed by atoms with E-state index in [4.69, 9.17) is 16.0 Å². The van der Waals surface area contributed by atoms with Gasteiger partial charge in [-0.05, 0) is 12.1 Å². The molecule has 40 valence electrons. The van der Waals surface area contributed by atoms with Crippen LogP contribution in [0.15, 0.2) is 24.4 Å². The van der Waals surface area contributed by atoms with E-state index in [-0.39, 0.29) is 0 Å². The van der Waals surface area contributed by atoms with Crippen LogP contribution in [0, 0.1) is 0 Å². The lowest BCUT2D eigenvalue weighted by Gasteiger charge is -2.10. The first-order valence-corrected chi connectivity index (χ1v) is 2.51. The summed E-state index contributed by atoms with van der Waals surface area (Å²) < 4.78 is 0.972. The zero-order chi connectivity index (χ0) is 6.69. The van der Waals surface area contributed by atoms with Crippen LogP contribution in [-0.4, -0.2) is 20.9 Å². The topological polar surface area (TPSA) is 16.1 Å². The monoisotopic (exact) mass is 114 g/mol. The van der Waals surface area contributed by atoms with Crippen LogP contribution in [0.5, 0.6) is 0 Å². The zero-order valence-corrected chi connectivity index (χ0v) is 4.86. The van der Waals surface area contributed by atoms with Gasteiger partial charge in [0.05, 0.1) is 0 Å². The molecule has 0 unspecified atom stereocenters. The zero-order valence-electron chi connectivity index (χ0n) is 4.86. The highest BCUT2D eigenvalue weighted by Crippen LogP contribution is 2.01. The molecular formula is C5H4B2N2. The predicted octanol–water partition coefficient (Wildman–Crippen LogP) is 0.0550. The maximum absolute atomic E-state index is 5.16. The molecule has 1 rings (SSSR count). The first kappa shape index (κ1) is 6.20. The highest BCUT2D eigenvalue weighted by atomic mass is 15.0. The second-order valence-electron chi connectivity index (χ2n) is 1.60. The van der Waals surface area contributed by atoms with Crippen LogP contribution in [0.2, 0.25) is 0 Å². The summed E-state index contributed by atoms with van der Waals surface area (Å²) in [6.45, 7) is 0. The fraction of sp³-hybridized carbons (Fsp3) is 0. The molecule has 0 bridgehead atoms. The number of aromatic nitrogens is 1. The summed E-state index contributed by atoms with van der Waals surface area (Å²) in [5.41, 5.74) is 0. The van der Waals surface area contributed by atoms with Gasteiger partial charge in [-0.2, -0.15) is 0 Å². The molecule has 0 saturated carbocycles. The Morgan fingerprint density at radius 3 is 2.44 bits per heavy atom. The maximum atomic E-state index is 5.16. The largest absolute Gasteiger partial charge is 0.463 e. The van der Waals surface area contributed by atoms with E-state index in [9.17, 15) is 0 Å². The van der Waals surface area contributed by atoms with Crippen molar-refractivity contribution in [1.82, 2.24) is 4.98 Å². The molecule has 0 saturated heterocycles. The average Bonchev–Trinajstić information content (AvgIpc) is 1.90. The summed E-state index contributed by atoms with van der Waals surface area (Å²) in [5.74, 6) is 0.553. The molecule has 4 radical (unpaired) electrons. The average molecular weight is 114 g/mol. The van der Waals surface area contributed by atoms with Crippen molar-refractivity contribution in [1.29, 1.82) is 0 Å². The van der Waals surface area contributed by atoms with E-state index in [0.717, 1.165) is 4.72 Å². The molecule has 0 spiro atoms. The lowest BCUT2D eigenvalue weighted by molar-refractivity contribution is 1.30. The summed E-state index contributed by atoms with van der Waals surface area (Å²) in [6.07, 6.45) is 1.63. The summed E-state index contributed by atoms with van der Waals surface area (Å²) in [5, 5.41) is 0. The molecule has 9 heavy (non-hydrogen) atoms. The quantitative estimate of drug-likeness (QED) is 0.479. The van der Waals surface area contributed by atoms with E-state index in [1.165, 1.54) is 0 Å². The maximum Gasteiger partial charge on any atom is 0.210 e. The van der Waals surface area contributed by atoms with Gasteiger partial charge in [-0.15, -0.1) is 0 Å². The molecule has 0 N–H and O–H groups in total. The van der Waals surface area contributed by atoms with Crippen LogP contribution in [0.1, 0.15) is 0 Å². The second kappa shape index (κ2) is 2.58. The van der Waals surface area contributed by atoms with Crippen molar-refractivity contribution in [3.05, 3.63) is 24.4 Å². The first-order chi connectivity index (χ1) is 4.30. The Kier molecular flexibility index (Phi) is 1.78. The minimum absolute atomic E-state index is 0.553. The van der Waals surface area contributed by atoms with Crippen LogP contribution in [0.4, 0.5) is 5.82 Å². The molecule has 0 fully saturated rings. The number of hydrogen-bond donors (Lipinski definition) is 0. The Balaban J connectivity index is 2.85. The van der Waals surface area contributed by atoms with E-state index in [2.05, 4.69) is 4.98 Å². The summed E-state index contributed by atoms with van der Waals surface area (Å²) in [6, 6.07) is 5.34. The normalized spacial score (nSPS) is 8.89. The van der Waals surface area contributed by atoms with Crippen molar-refractivity contribution >= 4 is 21.8 Å². The molecule has 4 heteroatoms. The minimum atomic E-state index is 0.553. The number of pyridine rings is 1. The molecule has 0 aliphatic carbocycles. The Labute approximate surface area is 56.8 Å². The number of anilines is 1. The fourth-order valence-corrected chi connectivity index (χ4v) is 0.506. The van der Waals surface area contributed by atoms with Crippen molar-refractivity contribution in [2.24, 2.45) is 0 Å². The lowest BCUT2D eigenvalue weighted by atomic mass is 10.1. The van der Waals surface area contributed by atoms with Crippen LogP contribution >= 0.6 is 0 Å². The van der Waals surface area contributed by atoms with Crippen LogP contribution in [0.25, 0.3) is 0 Å². The third-order valence-corrected chi connectivity index (χ3v) is 0.914. The van der Waals surface area contributed by atoms with Gasteiger partial charge < -0.3 is 4.72 Å². The molecule has 2 nitrogen and oxygen atoms in total. The Morgan fingerprint density at radius 1 is 1.33 bits per heavy atom. The highest BCUT2D eigenvalue weighted by Gasteiger charge is 1.89. The van der Waals surface area contributed by atoms with E-state index < -0.39 is 0 Å². The van der Waals surface area contributed by atoms with Crippen LogP contribution < -0.4 is 4.72 Å². The summed E-state index contributed by atoms with van der Waals surface area (Å²) in [4.78, 5) is 3.85. The molecule has 1 aromatic heterocycles. The molecule has 0 aromatic carbocycles. The Morgan fingerprint density at radius 2 is 2.11 bits per heavy atom. The SMILES string of the molecule is [B]N([B])c1ccccn1. The van der Waals surface area contributed by atoms with Gasteiger partial charge in [-0.1, -0.05) is 6.07 Å². The third kappa shape index (κ3) is 1.49. The van der Waals surface area contributed by atoms with Gasteiger partial charge in [0.25, 0.3) is 0 Å². The minimum Gasteiger partial charge on any atom is -0.463 e. The van der Waals surface area contributed by atoms with Gasteiger partial charge in [0.2, 0.25) is 16.0 Å². The lowest BCUT2D eigenvalue weighted by Crippen LogP contribution is -2.14. The first-order valence-electron chi connectivity index (χ1n) is 2.51. The van der Waals surface area contributed by atoms with E-state index in [1.54, 1.807) is 18.3 Å². The van der Waals surface area contributed by atoms with Gasteiger partial charge in [0.1, 0.15) is 5.82 Å². The second-order valence-corrected chi connectivity index (χ2v) is 1.60. The number of nitrogens with zero attached hydrogens (tertiary/aromatic N) is 2. The standard InChI is InChI=1S/C5H4B2N2/c6-9(7)5-3-1-2-4-8-5/h1-4H. The van der Waals surface area contributed by atoms with Crippen LogP contribution in [0.3, 0.4) is 0 Å². The third-order valence-electron chi connectivity index (χ3n) is 0.914. The molecule has 0 aliphatic rings. The van der Waals surface area contributed by atoms with Crippen molar-refractivity contribution in [3.63, 3.8) is 0 Å². The summed E-state index contributed by atoms with van der Waals surface area (Å²) in [7, 11) is 10.3. The molecule has 1 heterocycles. The highest BCUT2D eigenvalue weighted by molar-refractivity contribution is 6.41. The molecule has 0 aliphatic heterocycles. The van der Waals surface area contributed by atoms with Gasteiger partial charge in [0.15, 0.2) is 0 Å². The van der Waals surface area contributed by atoms with Crippen molar-refractivity contribution < 1.29 is 0 Å². The molecule has 1 aromatic rings. The van der Waals surface area contributed by atoms with E-state index in [0.29, 0.717) is 5.82 Å². The molecular weight excluding hydrogens is 110 g/mol. The van der Waals surface area contributed by atoms with Gasteiger partial charge >= 0.3 is 0 Å². The molecule has 0 atom stereocenters.